The number of nitrogens with zero attached hydrogens (tertiary/aromatic N) is 1. The van der Waals surface area contributed by atoms with E-state index in [1.807, 2.05) is 0 Å². The molecule has 0 bridgehead atoms. The molecule has 1 heterocycles. The van der Waals surface area contributed by atoms with Crippen molar-refractivity contribution in [2.75, 3.05) is 4.90 Å². The Morgan fingerprint density at radius 1 is 1.10 bits per heavy atom. The summed E-state index contributed by atoms with van der Waals surface area (Å²) in [5.41, 5.74) is 0.383. The van der Waals surface area contributed by atoms with Gasteiger partial charge >= 0.3 is 0 Å². The van der Waals surface area contributed by atoms with Gasteiger partial charge in [-0.15, -0.1) is 0 Å². The summed E-state index contributed by atoms with van der Waals surface area (Å²) in [7, 11) is 0. The smallest absolute Gasteiger partial charge is 0.244 e. The van der Waals surface area contributed by atoms with Gasteiger partial charge in [0.1, 0.15) is 0 Å². The molecule has 0 aromatic heterocycles. The van der Waals surface area contributed by atoms with Gasteiger partial charge in [-0.3, -0.25) is 14.4 Å². The molecule has 3 rings (SSSR count). The van der Waals surface area contributed by atoms with E-state index in [2.05, 4.69) is 0 Å². The molecule has 1 aliphatic carbocycles. The van der Waals surface area contributed by atoms with Crippen LogP contribution in [0, 0.1) is 5.41 Å². The Labute approximate surface area is 127 Å². The third-order valence-electron chi connectivity index (χ3n) is 4.20. The highest BCUT2D eigenvalue weighted by Crippen LogP contribution is 2.44. The van der Waals surface area contributed by atoms with Crippen molar-refractivity contribution in [3.63, 3.8) is 0 Å². The highest BCUT2D eigenvalue weighted by molar-refractivity contribution is 6.31. The van der Waals surface area contributed by atoms with Crippen molar-refractivity contribution in [1.29, 1.82) is 0 Å². The third-order valence-corrected chi connectivity index (χ3v) is 4.45. The molecular formula is C16H14ClNO3. The molecule has 108 valence electrons. The first kappa shape index (κ1) is 14.0. The number of hydrogen-bond acceptors (Lipinski definition) is 3. The van der Waals surface area contributed by atoms with E-state index in [0.717, 1.165) is 5.57 Å². The van der Waals surface area contributed by atoms with Gasteiger partial charge in [0, 0.05) is 17.9 Å². The lowest BCUT2D eigenvalue weighted by Crippen LogP contribution is -2.35. The first-order valence-electron chi connectivity index (χ1n) is 6.79. The molecule has 1 fully saturated rings. The van der Waals surface area contributed by atoms with Crippen LogP contribution in [0.5, 0.6) is 0 Å². The SMILES string of the molecule is C[C@@]1(C2=CC(=O)CC2)CC(=O)N(c2ccc(Cl)cc2)C1=O. The van der Waals surface area contributed by atoms with Gasteiger partial charge in [-0.1, -0.05) is 17.2 Å². The number of carbonyl (C=O) groups is 3. The molecule has 0 saturated carbocycles. The van der Waals surface area contributed by atoms with E-state index in [-0.39, 0.29) is 24.0 Å². The van der Waals surface area contributed by atoms with Crippen LogP contribution in [0.3, 0.4) is 0 Å². The number of hydrogen-bond donors (Lipinski definition) is 0. The van der Waals surface area contributed by atoms with Gasteiger partial charge in [0.05, 0.1) is 11.1 Å². The first-order valence-corrected chi connectivity index (χ1v) is 7.16. The molecule has 5 heteroatoms. The molecule has 0 N–H and O–H groups in total. The topological polar surface area (TPSA) is 54.5 Å². The van der Waals surface area contributed by atoms with Crippen LogP contribution >= 0.6 is 11.6 Å². The Hall–Kier alpha value is -1.94. The van der Waals surface area contributed by atoms with Gasteiger partial charge < -0.3 is 0 Å². The average Bonchev–Trinajstić information content (AvgIpc) is 2.96. The second kappa shape index (κ2) is 4.81. The number of anilines is 1. The van der Waals surface area contributed by atoms with Crippen LogP contribution in [0.1, 0.15) is 26.2 Å². The van der Waals surface area contributed by atoms with Crippen molar-refractivity contribution in [2.24, 2.45) is 5.41 Å². The number of allylic oxidation sites excluding steroid dienone is 1. The van der Waals surface area contributed by atoms with Crippen LogP contribution < -0.4 is 4.90 Å². The summed E-state index contributed by atoms with van der Waals surface area (Å²) in [6.07, 6.45) is 2.61. The highest BCUT2D eigenvalue weighted by atomic mass is 35.5. The van der Waals surface area contributed by atoms with E-state index in [1.54, 1.807) is 31.2 Å². The van der Waals surface area contributed by atoms with Crippen molar-refractivity contribution in [2.45, 2.75) is 26.2 Å². The molecule has 2 aliphatic rings. The Bertz CT molecular complexity index is 677. The fraction of sp³-hybridized carbons (Fsp3) is 0.312. The molecule has 0 spiro atoms. The molecule has 2 amide bonds. The van der Waals surface area contributed by atoms with Crippen LogP contribution in [0.4, 0.5) is 5.69 Å². The van der Waals surface area contributed by atoms with Crippen molar-refractivity contribution in [1.82, 2.24) is 0 Å². The highest BCUT2D eigenvalue weighted by Gasteiger charge is 2.51. The van der Waals surface area contributed by atoms with Gasteiger partial charge in [-0.05, 0) is 43.7 Å². The fourth-order valence-corrected chi connectivity index (χ4v) is 3.08. The van der Waals surface area contributed by atoms with Crippen molar-refractivity contribution in [3.05, 3.63) is 40.9 Å². The molecule has 1 aromatic rings. The van der Waals surface area contributed by atoms with Gasteiger partial charge in [0.15, 0.2) is 5.78 Å². The van der Waals surface area contributed by atoms with Crippen LogP contribution in [0.15, 0.2) is 35.9 Å². The molecule has 4 nitrogen and oxygen atoms in total. The van der Waals surface area contributed by atoms with Gasteiger partial charge in [-0.25, -0.2) is 4.90 Å². The summed E-state index contributed by atoms with van der Waals surface area (Å²) in [6, 6.07) is 6.59. The maximum Gasteiger partial charge on any atom is 0.244 e. The van der Waals surface area contributed by atoms with Crippen LogP contribution in [-0.4, -0.2) is 17.6 Å². The Kier molecular flexibility index (Phi) is 3.21. The monoisotopic (exact) mass is 303 g/mol. The number of halogens is 1. The van der Waals surface area contributed by atoms with E-state index in [9.17, 15) is 14.4 Å². The fourth-order valence-electron chi connectivity index (χ4n) is 2.95. The Morgan fingerprint density at radius 3 is 2.33 bits per heavy atom. The van der Waals surface area contributed by atoms with Crippen LogP contribution in [0.2, 0.25) is 5.02 Å². The van der Waals surface area contributed by atoms with E-state index in [1.165, 1.54) is 11.0 Å². The number of imide groups is 1. The maximum atomic E-state index is 12.7. The van der Waals surface area contributed by atoms with Crippen molar-refractivity contribution < 1.29 is 14.4 Å². The first-order chi connectivity index (χ1) is 9.91. The Morgan fingerprint density at radius 2 is 1.76 bits per heavy atom. The van der Waals surface area contributed by atoms with Gasteiger partial charge in [-0.2, -0.15) is 0 Å². The molecule has 0 radical (unpaired) electrons. The van der Waals surface area contributed by atoms with Crippen molar-refractivity contribution >= 4 is 34.9 Å². The molecule has 1 aliphatic heterocycles. The predicted molar refractivity (Wildman–Crippen MR) is 79.0 cm³/mol. The van der Waals surface area contributed by atoms with E-state index >= 15 is 0 Å². The number of rotatable bonds is 2. The van der Waals surface area contributed by atoms with E-state index in [0.29, 0.717) is 23.6 Å². The summed E-state index contributed by atoms with van der Waals surface area (Å²) in [5, 5.41) is 0.546. The minimum absolute atomic E-state index is 0.0245. The van der Waals surface area contributed by atoms with E-state index < -0.39 is 5.41 Å². The minimum atomic E-state index is -0.900. The minimum Gasteiger partial charge on any atom is -0.295 e. The third kappa shape index (κ3) is 2.20. The van der Waals surface area contributed by atoms with Gasteiger partial charge in [0.25, 0.3) is 0 Å². The molecular weight excluding hydrogens is 290 g/mol. The summed E-state index contributed by atoms with van der Waals surface area (Å²) in [4.78, 5) is 37.6. The van der Waals surface area contributed by atoms with Gasteiger partial charge in [0.2, 0.25) is 11.8 Å². The zero-order valence-corrected chi connectivity index (χ0v) is 12.3. The second-order valence-corrected chi connectivity index (χ2v) is 6.09. The maximum absolute atomic E-state index is 12.7. The number of carbonyl (C=O) groups excluding carboxylic acids is 3. The molecule has 0 unspecified atom stereocenters. The molecule has 1 aromatic carbocycles. The zero-order valence-electron chi connectivity index (χ0n) is 11.6. The lowest BCUT2D eigenvalue weighted by atomic mass is 9.80. The number of amides is 2. The summed E-state index contributed by atoms with van der Waals surface area (Å²) < 4.78 is 0. The Balaban J connectivity index is 1.97. The standard InChI is InChI=1S/C16H14ClNO3/c1-16(10-2-7-13(19)8-10)9-14(20)18(15(16)21)12-5-3-11(17)4-6-12/h3-6,8H,2,7,9H2,1H3/t16-/m0/s1. The summed E-state index contributed by atoms with van der Waals surface area (Å²) in [5.74, 6) is -0.489. The van der Waals surface area contributed by atoms with E-state index in [4.69, 9.17) is 11.6 Å². The van der Waals surface area contributed by atoms with Crippen LogP contribution in [0.25, 0.3) is 0 Å². The molecule has 1 atom stereocenters. The second-order valence-electron chi connectivity index (χ2n) is 5.66. The quantitative estimate of drug-likeness (QED) is 0.789. The average molecular weight is 304 g/mol. The normalized spacial score (nSPS) is 25.7. The lowest BCUT2D eigenvalue weighted by Gasteiger charge is -2.23. The van der Waals surface area contributed by atoms with Crippen LogP contribution in [-0.2, 0) is 14.4 Å². The predicted octanol–water partition coefficient (Wildman–Crippen LogP) is 2.90. The lowest BCUT2D eigenvalue weighted by molar-refractivity contribution is -0.124. The molecule has 21 heavy (non-hydrogen) atoms. The summed E-state index contributed by atoms with van der Waals surface area (Å²) >= 11 is 5.83. The zero-order chi connectivity index (χ0) is 15.2. The summed E-state index contributed by atoms with van der Waals surface area (Å²) in [6.45, 7) is 1.74. The number of benzene rings is 1. The largest absolute Gasteiger partial charge is 0.295 e. The number of ketones is 1. The molecule has 1 saturated heterocycles. The van der Waals surface area contributed by atoms with Crippen molar-refractivity contribution in [3.8, 4) is 0 Å².